The molecule has 0 bridgehead atoms. The van der Waals surface area contributed by atoms with Gasteiger partial charge in [0.15, 0.2) is 11.2 Å². The van der Waals surface area contributed by atoms with Crippen LogP contribution in [0.15, 0.2) is 0 Å². The number of alkyl halides is 14. The van der Waals surface area contributed by atoms with Crippen molar-refractivity contribution in [3.63, 3.8) is 0 Å². The number of hydrogen-bond acceptors (Lipinski definition) is 11. The average molecular weight is 1140 g/mol. The lowest BCUT2D eigenvalue weighted by atomic mass is 9.75. The van der Waals surface area contributed by atoms with E-state index in [1.165, 1.54) is 41.5 Å². The van der Waals surface area contributed by atoms with E-state index in [-0.39, 0.29) is 57.5 Å². The van der Waals surface area contributed by atoms with Gasteiger partial charge in [0.1, 0.15) is 23.7 Å². The quantitative estimate of drug-likeness (QED) is 0.0366. The van der Waals surface area contributed by atoms with Crippen LogP contribution in [-0.2, 0) is 38.1 Å². The number of carbonyl (C=O) groups is 4. The number of rotatable bonds is 24. The van der Waals surface area contributed by atoms with E-state index in [1.807, 2.05) is 0 Å². The molecule has 0 aliphatic heterocycles. The average Bonchev–Trinajstić information content (AvgIpc) is 3.21. The zero-order chi connectivity index (χ0) is 56.2. The Balaban J connectivity index is 0.00000138. The first kappa shape index (κ1) is 68.7. The molecule has 0 spiro atoms. The molecule has 11 nitrogen and oxygen atoms in total. The summed E-state index contributed by atoms with van der Waals surface area (Å²) >= 11 is 9.05. The summed E-state index contributed by atoms with van der Waals surface area (Å²) in [5.74, 6) is -5.43. The summed E-state index contributed by atoms with van der Waals surface area (Å²) in [5, 5.41) is 20.6. The van der Waals surface area contributed by atoms with E-state index >= 15 is 0 Å². The van der Waals surface area contributed by atoms with E-state index < -0.39 is 129 Å². The third-order valence-electron chi connectivity index (χ3n) is 12.5. The molecule has 1 saturated carbocycles. The van der Waals surface area contributed by atoms with Crippen molar-refractivity contribution in [2.24, 2.45) is 28.6 Å². The Labute approximate surface area is 422 Å². The van der Waals surface area contributed by atoms with Crippen LogP contribution in [-0.4, -0.2) is 117 Å². The van der Waals surface area contributed by atoms with Gasteiger partial charge in [0.2, 0.25) is 0 Å². The van der Waals surface area contributed by atoms with Gasteiger partial charge in [-0.15, -0.1) is 11.6 Å². The topological polar surface area (TPSA) is 158 Å². The maximum Gasteiger partial charge on any atom is 0.418 e. The number of aliphatic hydroxyl groups is 2. The van der Waals surface area contributed by atoms with Crippen molar-refractivity contribution in [1.82, 2.24) is 5.32 Å². The van der Waals surface area contributed by atoms with Gasteiger partial charge in [-0.1, -0.05) is 57.0 Å². The monoisotopic (exact) mass is 1140 g/mol. The van der Waals surface area contributed by atoms with Crippen LogP contribution in [0.4, 0.5) is 52.7 Å². The van der Waals surface area contributed by atoms with Crippen molar-refractivity contribution in [2.45, 2.75) is 217 Å². The second-order valence-corrected chi connectivity index (χ2v) is 22.3. The molecule has 0 amide bonds. The Morgan fingerprint density at radius 2 is 1.23 bits per heavy atom. The van der Waals surface area contributed by atoms with Gasteiger partial charge < -0.3 is 34.5 Å². The molecule has 8 atom stereocenters. The van der Waals surface area contributed by atoms with Crippen LogP contribution < -0.4 is 5.32 Å². The molecule has 1 rings (SSSR count). The number of nitrogens with one attached hydrogen (secondary N) is 1. The Hall–Kier alpha value is -2.31. The SMILES string of the molecule is CCC(C)(CC(C)C(=O)OCCC(F)(F)F)C(=O)OC1(C(Cl)C(C)(O)C(F)(F)F)CCCCC1.CCC(CC(C)(C)C(=O)OCC(C)(C)NCC(F)(F)F)C(=O)OC(CC(C)C)C(Br)C(C)(O)C(F)(F)F. The standard InChI is InChI=1S/C24H40BrF6NO5.C22H33ClF6O5/c1-9-15(11-20(4,5)19(34)36-13-21(6,7)32-12-23(26,27)28)18(33)37-16(10-14(2)3)17(25)22(8,35)24(29,30)31;1-5-18(3,13-14(2)15(30)33-12-11-21(24,25)26)17(31)34-20(9-7-6-8-10-20)16(23)19(4,32)22(27,28)29/h14-17,32,35H,9-13H2,1-8H3;14,16,32H,5-13H2,1-4H3. The summed E-state index contributed by atoms with van der Waals surface area (Å²) in [4.78, 5) is 49.4. The molecule has 8 unspecified atom stereocenters. The zero-order valence-electron chi connectivity index (χ0n) is 42.3. The van der Waals surface area contributed by atoms with Crippen molar-refractivity contribution in [3.05, 3.63) is 0 Å². The van der Waals surface area contributed by atoms with E-state index in [4.69, 9.17) is 25.8 Å². The van der Waals surface area contributed by atoms with E-state index in [9.17, 15) is 82.1 Å². The van der Waals surface area contributed by atoms with Crippen molar-refractivity contribution in [3.8, 4) is 0 Å². The molecule has 0 aromatic heterocycles. The van der Waals surface area contributed by atoms with Crippen molar-refractivity contribution in [2.75, 3.05) is 19.8 Å². The van der Waals surface area contributed by atoms with Crippen LogP contribution in [0.25, 0.3) is 0 Å². The van der Waals surface area contributed by atoms with E-state index in [0.717, 1.165) is 0 Å². The van der Waals surface area contributed by atoms with Crippen LogP contribution in [0.3, 0.4) is 0 Å². The minimum Gasteiger partial charge on any atom is -0.465 e. The maximum absolute atomic E-state index is 13.5. The van der Waals surface area contributed by atoms with E-state index in [0.29, 0.717) is 33.1 Å². The van der Waals surface area contributed by atoms with E-state index in [2.05, 4.69) is 26.0 Å². The van der Waals surface area contributed by atoms with Gasteiger partial charge in [0.25, 0.3) is 0 Å². The van der Waals surface area contributed by atoms with Gasteiger partial charge in [-0.3, -0.25) is 19.2 Å². The van der Waals surface area contributed by atoms with Crippen molar-refractivity contribution >= 4 is 51.4 Å². The summed E-state index contributed by atoms with van der Waals surface area (Å²) in [5.41, 5.74) is -12.1. The first-order valence-electron chi connectivity index (χ1n) is 23.2. The summed E-state index contributed by atoms with van der Waals surface area (Å²) < 4.78 is 176. The minimum absolute atomic E-state index is 0.0218. The minimum atomic E-state index is -5.07. The fraction of sp³-hybridized carbons (Fsp3) is 0.913. The molecule has 420 valence electrons. The molecule has 3 N–H and O–H groups in total. The highest BCUT2D eigenvalue weighted by Gasteiger charge is 2.63. The highest BCUT2D eigenvalue weighted by molar-refractivity contribution is 9.09. The summed E-state index contributed by atoms with van der Waals surface area (Å²) in [6.07, 6.45) is -19.9. The predicted molar refractivity (Wildman–Crippen MR) is 242 cm³/mol. The molecular weight excluding hydrogens is 1070 g/mol. The number of hydrogen-bond donors (Lipinski definition) is 3. The molecule has 71 heavy (non-hydrogen) atoms. The van der Waals surface area contributed by atoms with Gasteiger partial charge in [-0.25, -0.2) is 0 Å². The molecule has 1 fully saturated rings. The van der Waals surface area contributed by atoms with Gasteiger partial charge in [-0.2, -0.15) is 52.7 Å². The number of esters is 4. The lowest BCUT2D eigenvalue weighted by Crippen LogP contribution is -2.61. The smallest absolute Gasteiger partial charge is 0.418 e. The van der Waals surface area contributed by atoms with Gasteiger partial charge in [0.05, 0.1) is 47.1 Å². The Morgan fingerprint density at radius 1 is 0.718 bits per heavy atom. The highest BCUT2D eigenvalue weighted by Crippen LogP contribution is 2.48. The van der Waals surface area contributed by atoms with Crippen molar-refractivity contribution < 1.29 is 101 Å². The van der Waals surface area contributed by atoms with Gasteiger partial charge in [0, 0.05) is 5.54 Å². The molecule has 1 aliphatic rings. The third kappa shape index (κ3) is 21.8. The van der Waals surface area contributed by atoms with Crippen LogP contribution in [0.1, 0.15) is 154 Å². The molecule has 0 heterocycles. The van der Waals surface area contributed by atoms with Crippen molar-refractivity contribution in [1.29, 1.82) is 0 Å². The summed E-state index contributed by atoms with van der Waals surface area (Å²) in [7, 11) is 0. The largest absolute Gasteiger partial charge is 0.465 e. The Bertz CT molecular complexity index is 1700. The van der Waals surface area contributed by atoms with Crippen LogP contribution in [0, 0.1) is 28.6 Å². The normalized spacial score (nSPS) is 19.8. The van der Waals surface area contributed by atoms with Gasteiger partial charge in [-0.05, 0) is 112 Å². The van der Waals surface area contributed by atoms with E-state index in [1.54, 1.807) is 27.7 Å². The second-order valence-electron chi connectivity index (χ2n) is 20.8. The summed E-state index contributed by atoms with van der Waals surface area (Å²) in [6.45, 7) is 14.1. The van der Waals surface area contributed by atoms with Crippen LogP contribution in [0.2, 0.25) is 0 Å². The molecule has 0 radical (unpaired) electrons. The molecule has 0 aromatic rings. The molecule has 25 heteroatoms. The fourth-order valence-electron chi connectivity index (χ4n) is 7.44. The Morgan fingerprint density at radius 3 is 1.65 bits per heavy atom. The molecule has 0 aromatic carbocycles. The predicted octanol–water partition coefficient (Wildman–Crippen LogP) is 12.0. The molecular formula is C46H73BrClF12NO10. The summed E-state index contributed by atoms with van der Waals surface area (Å²) in [6, 6.07) is 0. The number of halogens is 14. The third-order valence-corrected chi connectivity index (χ3v) is 14.8. The lowest BCUT2D eigenvalue weighted by Gasteiger charge is -2.47. The van der Waals surface area contributed by atoms with Gasteiger partial charge >= 0.3 is 48.6 Å². The fourth-order valence-corrected chi connectivity index (χ4v) is 8.41. The zero-order valence-corrected chi connectivity index (χ0v) is 44.7. The second kappa shape index (κ2) is 26.4. The number of ether oxygens (including phenoxy) is 4. The van der Waals surface area contributed by atoms with Crippen LogP contribution in [0.5, 0.6) is 0 Å². The van der Waals surface area contributed by atoms with Crippen LogP contribution >= 0.6 is 27.5 Å². The number of carbonyl (C=O) groups excluding carboxylic acids is 4. The Kier molecular flexibility index (Phi) is 25.6. The first-order chi connectivity index (χ1) is 31.7. The maximum atomic E-state index is 13.5. The molecule has 0 saturated heterocycles. The lowest BCUT2D eigenvalue weighted by molar-refractivity contribution is -0.269. The highest BCUT2D eigenvalue weighted by atomic mass is 79.9. The molecule has 1 aliphatic carbocycles. The first-order valence-corrected chi connectivity index (χ1v) is 24.5.